The van der Waals surface area contributed by atoms with Crippen molar-refractivity contribution >= 4 is 12.1 Å². The van der Waals surface area contributed by atoms with Crippen molar-refractivity contribution in [1.29, 1.82) is 0 Å². The molecule has 0 aromatic rings. The van der Waals surface area contributed by atoms with Crippen molar-refractivity contribution in [2.45, 2.75) is 85.0 Å². The molecule has 0 heterocycles. The van der Waals surface area contributed by atoms with Crippen molar-refractivity contribution in [3.63, 3.8) is 0 Å². The van der Waals surface area contributed by atoms with Crippen LogP contribution in [-0.4, -0.2) is 29.8 Å². The van der Waals surface area contributed by atoms with Crippen LogP contribution in [0.1, 0.15) is 67.2 Å². The lowest BCUT2D eigenvalue weighted by Crippen LogP contribution is -2.38. The molecule has 2 atom stereocenters. The summed E-state index contributed by atoms with van der Waals surface area (Å²) < 4.78 is 10.8. The quantitative estimate of drug-likeness (QED) is 0.808. The smallest absolute Gasteiger partial charge is 0.407 e. The molecule has 1 aliphatic rings. The summed E-state index contributed by atoms with van der Waals surface area (Å²) in [5, 5.41) is 2.84. The number of hydrogen-bond donors (Lipinski definition) is 1. The Morgan fingerprint density at radius 3 is 2.29 bits per heavy atom. The molecule has 5 nitrogen and oxygen atoms in total. The van der Waals surface area contributed by atoms with Crippen molar-refractivity contribution in [2.75, 3.05) is 0 Å². The molecule has 1 N–H and O–H groups in total. The largest absolute Gasteiger partial charge is 0.462 e. The van der Waals surface area contributed by atoms with E-state index in [1.165, 1.54) is 0 Å². The van der Waals surface area contributed by atoms with Gasteiger partial charge in [-0.15, -0.1) is 0 Å². The number of amides is 1. The van der Waals surface area contributed by atoms with Crippen LogP contribution < -0.4 is 5.32 Å². The van der Waals surface area contributed by atoms with Crippen LogP contribution in [0.15, 0.2) is 0 Å². The van der Waals surface area contributed by atoms with Gasteiger partial charge in [0.05, 0.1) is 5.41 Å². The van der Waals surface area contributed by atoms with Gasteiger partial charge >= 0.3 is 12.1 Å². The van der Waals surface area contributed by atoms with Gasteiger partial charge in [0.25, 0.3) is 0 Å². The van der Waals surface area contributed by atoms with Crippen LogP contribution in [0, 0.1) is 5.41 Å². The molecule has 0 radical (unpaired) electrons. The molecule has 2 unspecified atom stereocenters. The molecule has 21 heavy (non-hydrogen) atoms. The fourth-order valence-electron chi connectivity index (χ4n) is 2.11. The molecule has 0 spiro atoms. The number of esters is 1. The number of ether oxygens (including phenoxy) is 2. The van der Waals surface area contributed by atoms with E-state index in [1.54, 1.807) is 0 Å². The maximum atomic E-state index is 12.0. The van der Waals surface area contributed by atoms with E-state index < -0.39 is 17.1 Å². The lowest BCUT2D eigenvalue weighted by Gasteiger charge is -2.24. The van der Waals surface area contributed by atoms with E-state index in [9.17, 15) is 9.59 Å². The minimum absolute atomic E-state index is 0.0161. The zero-order valence-corrected chi connectivity index (χ0v) is 14.1. The summed E-state index contributed by atoms with van der Waals surface area (Å²) >= 11 is 0. The van der Waals surface area contributed by atoms with Gasteiger partial charge in [-0.25, -0.2) is 4.79 Å². The average Bonchev–Trinajstić information content (AvgIpc) is 2.73. The normalized spacial score (nSPS) is 22.8. The molecule has 1 aliphatic carbocycles. The second-order valence-electron chi connectivity index (χ2n) is 7.42. The van der Waals surface area contributed by atoms with E-state index in [0.717, 1.165) is 19.3 Å². The molecule has 0 saturated heterocycles. The van der Waals surface area contributed by atoms with Gasteiger partial charge in [-0.05, 0) is 53.9 Å². The third kappa shape index (κ3) is 5.94. The predicted octanol–water partition coefficient (Wildman–Crippen LogP) is 3.41. The van der Waals surface area contributed by atoms with Gasteiger partial charge in [0.2, 0.25) is 0 Å². The Hall–Kier alpha value is -1.26. The fraction of sp³-hybridized carbons (Fsp3) is 0.875. The van der Waals surface area contributed by atoms with Crippen LogP contribution in [-0.2, 0) is 14.3 Å². The Labute approximate surface area is 127 Å². The summed E-state index contributed by atoms with van der Waals surface area (Å²) in [5.74, 6) is -0.159. The molecule has 1 fully saturated rings. The minimum Gasteiger partial charge on any atom is -0.462 e. The van der Waals surface area contributed by atoms with Gasteiger partial charge in [-0.1, -0.05) is 6.92 Å². The van der Waals surface area contributed by atoms with Crippen molar-refractivity contribution in [2.24, 2.45) is 5.41 Å². The molecule has 0 aromatic carbocycles. The average molecular weight is 299 g/mol. The molecule has 0 aliphatic heterocycles. The number of rotatable bonds is 4. The van der Waals surface area contributed by atoms with Gasteiger partial charge in [-0.3, -0.25) is 4.79 Å². The Balaban J connectivity index is 2.39. The molecule has 1 saturated carbocycles. The number of carbonyl (C=O) groups excluding carboxylic acids is 2. The number of nitrogens with one attached hydrogen (secondary N) is 1. The van der Waals surface area contributed by atoms with Crippen molar-refractivity contribution < 1.29 is 19.1 Å². The van der Waals surface area contributed by atoms with Gasteiger partial charge in [0.1, 0.15) is 11.7 Å². The lowest BCUT2D eigenvalue weighted by atomic mass is 9.90. The molecule has 1 rings (SSSR count). The molecule has 5 heteroatoms. The van der Waals surface area contributed by atoms with E-state index in [-0.39, 0.29) is 18.1 Å². The number of carbonyl (C=O) groups is 2. The SMILES string of the molecule is CCC(C)(C)C(=O)OC1CCC(NC(=O)OC(C)(C)C)C1. The van der Waals surface area contributed by atoms with Gasteiger partial charge in [0, 0.05) is 12.5 Å². The molecule has 1 amide bonds. The summed E-state index contributed by atoms with van der Waals surface area (Å²) in [6.45, 7) is 11.3. The predicted molar refractivity (Wildman–Crippen MR) is 81.0 cm³/mol. The van der Waals surface area contributed by atoms with Crippen molar-refractivity contribution in [3.05, 3.63) is 0 Å². The molecule has 122 valence electrons. The first-order chi connectivity index (χ1) is 9.53. The summed E-state index contributed by atoms with van der Waals surface area (Å²) in [6, 6.07) is 0.0161. The highest BCUT2D eigenvalue weighted by atomic mass is 16.6. The van der Waals surface area contributed by atoms with E-state index in [2.05, 4.69) is 5.32 Å². The summed E-state index contributed by atoms with van der Waals surface area (Å²) in [6.07, 6.45) is 2.48. The first-order valence-electron chi connectivity index (χ1n) is 7.74. The number of alkyl carbamates (subject to hydrolysis) is 1. The van der Waals surface area contributed by atoms with Crippen LogP contribution in [0.3, 0.4) is 0 Å². The summed E-state index contributed by atoms with van der Waals surface area (Å²) in [5.41, 5.74) is -0.948. The van der Waals surface area contributed by atoms with Crippen LogP contribution >= 0.6 is 0 Å². The molecular weight excluding hydrogens is 270 g/mol. The standard InChI is InChI=1S/C16H29NO4/c1-7-16(5,6)13(18)20-12-9-8-11(10-12)17-14(19)21-15(2,3)4/h11-12H,7-10H2,1-6H3,(H,17,19). The minimum atomic E-state index is -0.500. The monoisotopic (exact) mass is 299 g/mol. The zero-order valence-electron chi connectivity index (χ0n) is 14.1. The van der Waals surface area contributed by atoms with Crippen molar-refractivity contribution in [1.82, 2.24) is 5.32 Å². The third-order valence-electron chi connectivity index (χ3n) is 3.82. The van der Waals surface area contributed by atoms with Gasteiger partial charge < -0.3 is 14.8 Å². The first-order valence-corrected chi connectivity index (χ1v) is 7.74. The third-order valence-corrected chi connectivity index (χ3v) is 3.82. The highest BCUT2D eigenvalue weighted by molar-refractivity contribution is 5.76. The summed E-state index contributed by atoms with van der Waals surface area (Å²) in [7, 11) is 0. The van der Waals surface area contributed by atoms with E-state index in [0.29, 0.717) is 6.42 Å². The lowest BCUT2D eigenvalue weighted by molar-refractivity contribution is -0.159. The molecular formula is C16H29NO4. The Kier molecular flexibility index (Phi) is 5.65. The maximum Gasteiger partial charge on any atom is 0.407 e. The maximum absolute atomic E-state index is 12.0. The second kappa shape index (κ2) is 6.67. The number of hydrogen-bond acceptors (Lipinski definition) is 4. The van der Waals surface area contributed by atoms with E-state index in [1.807, 2.05) is 41.5 Å². The Morgan fingerprint density at radius 1 is 1.14 bits per heavy atom. The second-order valence-corrected chi connectivity index (χ2v) is 7.42. The van der Waals surface area contributed by atoms with E-state index >= 15 is 0 Å². The molecule has 0 bridgehead atoms. The Morgan fingerprint density at radius 2 is 1.76 bits per heavy atom. The highest BCUT2D eigenvalue weighted by Gasteiger charge is 2.34. The Bertz CT molecular complexity index is 384. The van der Waals surface area contributed by atoms with Gasteiger partial charge in [-0.2, -0.15) is 0 Å². The van der Waals surface area contributed by atoms with Crippen LogP contribution in [0.2, 0.25) is 0 Å². The van der Waals surface area contributed by atoms with Crippen LogP contribution in [0.5, 0.6) is 0 Å². The summed E-state index contributed by atoms with van der Waals surface area (Å²) in [4.78, 5) is 23.7. The molecule has 0 aromatic heterocycles. The first kappa shape index (κ1) is 17.8. The fourth-order valence-corrected chi connectivity index (χ4v) is 2.11. The van der Waals surface area contributed by atoms with Crippen LogP contribution in [0.4, 0.5) is 4.79 Å². The van der Waals surface area contributed by atoms with Gasteiger partial charge in [0.15, 0.2) is 0 Å². The topological polar surface area (TPSA) is 64.6 Å². The van der Waals surface area contributed by atoms with Crippen molar-refractivity contribution in [3.8, 4) is 0 Å². The van der Waals surface area contributed by atoms with E-state index in [4.69, 9.17) is 9.47 Å². The zero-order chi connectivity index (χ0) is 16.3. The highest BCUT2D eigenvalue weighted by Crippen LogP contribution is 2.28. The van der Waals surface area contributed by atoms with Crippen LogP contribution in [0.25, 0.3) is 0 Å².